The highest BCUT2D eigenvalue weighted by molar-refractivity contribution is 7.99. The van der Waals surface area contributed by atoms with E-state index >= 15 is 0 Å². The number of thioether (sulfide) groups is 1. The third-order valence-electron chi connectivity index (χ3n) is 4.73. The molecule has 0 aromatic rings. The van der Waals surface area contributed by atoms with Gasteiger partial charge in [-0.3, -0.25) is 9.59 Å². The van der Waals surface area contributed by atoms with E-state index in [1.807, 2.05) is 16.1 Å². The van der Waals surface area contributed by atoms with Gasteiger partial charge in [-0.15, -0.1) is 0 Å². The fourth-order valence-corrected chi connectivity index (χ4v) is 3.86. The molecule has 2 aliphatic heterocycles. The zero-order valence-electron chi connectivity index (χ0n) is 13.1. The zero-order valence-corrected chi connectivity index (χ0v) is 13.9. The lowest BCUT2D eigenvalue weighted by atomic mass is 9.79. The summed E-state index contributed by atoms with van der Waals surface area (Å²) in [7, 11) is 1.66. The number of rotatable bonds is 5. The minimum absolute atomic E-state index is 0.209. The number of methoxy groups -OCH3 is 1. The molecule has 0 saturated carbocycles. The summed E-state index contributed by atoms with van der Waals surface area (Å²) in [6, 6.07) is 0. The highest BCUT2D eigenvalue weighted by Crippen LogP contribution is 2.41. The second-order valence-corrected chi connectivity index (χ2v) is 6.85. The van der Waals surface area contributed by atoms with Crippen molar-refractivity contribution < 1.29 is 14.3 Å². The molecule has 2 amide bonds. The van der Waals surface area contributed by atoms with Crippen LogP contribution in [-0.4, -0.2) is 73.5 Å². The summed E-state index contributed by atoms with van der Waals surface area (Å²) in [6.45, 7) is 3.64. The number of nitrogens with zero attached hydrogens (tertiary/aromatic N) is 2. The van der Waals surface area contributed by atoms with E-state index in [9.17, 15) is 9.59 Å². The van der Waals surface area contributed by atoms with Crippen LogP contribution in [0.15, 0.2) is 0 Å². The lowest BCUT2D eigenvalue weighted by Gasteiger charge is -2.26. The van der Waals surface area contributed by atoms with Crippen LogP contribution in [-0.2, 0) is 14.3 Å². The van der Waals surface area contributed by atoms with Gasteiger partial charge in [-0.25, -0.2) is 0 Å². The molecule has 0 aromatic carbocycles. The third kappa shape index (κ3) is 3.72. The van der Waals surface area contributed by atoms with Crippen LogP contribution < -0.4 is 0 Å². The summed E-state index contributed by atoms with van der Waals surface area (Å²) in [5.41, 5.74) is -0.220. The topological polar surface area (TPSA) is 49.9 Å². The number of carbonyl (C=O) groups is 2. The lowest BCUT2D eigenvalue weighted by molar-refractivity contribution is -0.137. The van der Waals surface area contributed by atoms with Crippen molar-refractivity contribution >= 4 is 23.6 Å². The number of hydrogen-bond acceptors (Lipinski definition) is 4. The van der Waals surface area contributed by atoms with Crippen LogP contribution in [0.3, 0.4) is 0 Å². The van der Waals surface area contributed by atoms with E-state index in [4.69, 9.17) is 4.74 Å². The number of carbonyl (C=O) groups excluding carboxylic acids is 2. The number of amides is 2. The Morgan fingerprint density at radius 3 is 2.76 bits per heavy atom. The fraction of sp³-hybridized carbons (Fsp3) is 0.867. The maximum atomic E-state index is 12.7. The minimum Gasteiger partial charge on any atom is -0.383 e. The Hall–Kier alpha value is -0.750. The summed E-state index contributed by atoms with van der Waals surface area (Å²) in [5, 5.41) is 0. The molecule has 1 spiro atoms. The monoisotopic (exact) mass is 314 g/mol. The first kappa shape index (κ1) is 16.6. The Labute approximate surface area is 131 Å². The first-order valence-electron chi connectivity index (χ1n) is 7.68. The second-order valence-electron chi connectivity index (χ2n) is 5.98. The summed E-state index contributed by atoms with van der Waals surface area (Å²) in [6.07, 6.45) is 5.54. The molecule has 0 aliphatic carbocycles. The summed E-state index contributed by atoms with van der Waals surface area (Å²) >= 11 is 1.56. The quantitative estimate of drug-likeness (QED) is 0.766. The SMILES string of the molecule is COCCN1CC[C@]2(CCCN(C(=O)CSC)CC2)C1=O. The first-order valence-corrected chi connectivity index (χ1v) is 9.07. The summed E-state index contributed by atoms with van der Waals surface area (Å²) in [5.74, 6) is 1.03. The van der Waals surface area contributed by atoms with Crippen LogP contribution in [0.5, 0.6) is 0 Å². The molecule has 21 heavy (non-hydrogen) atoms. The number of likely N-dealkylation sites (tertiary alicyclic amines) is 2. The Morgan fingerprint density at radius 1 is 1.29 bits per heavy atom. The zero-order chi connectivity index (χ0) is 15.3. The lowest BCUT2D eigenvalue weighted by Crippen LogP contribution is -2.38. The highest BCUT2D eigenvalue weighted by Gasteiger charge is 2.46. The fourth-order valence-electron chi connectivity index (χ4n) is 3.43. The van der Waals surface area contributed by atoms with E-state index in [0.717, 1.165) is 45.3 Å². The van der Waals surface area contributed by atoms with Crippen molar-refractivity contribution in [2.75, 3.05) is 51.9 Å². The molecule has 6 heteroatoms. The molecule has 2 aliphatic rings. The van der Waals surface area contributed by atoms with E-state index in [-0.39, 0.29) is 17.2 Å². The minimum atomic E-state index is -0.220. The highest BCUT2D eigenvalue weighted by atomic mass is 32.2. The Balaban J connectivity index is 1.96. The number of hydrogen-bond donors (Lipinski definition) is 0. The molecule has 0 aromatic heterocycles. The smallest absolute Gasteiger partial charge is 0.232 e. The van der Waals surface area contributed by atoms with Crippen molar-refractivity contribution in [3.05, 3.63) is 0 Å². The maximum absolute atomic E-state index is 12.7. The molecule has 1 atom stereocenters. The Kier molecular flexibility index (Phi) is 5.93. The van der Waals surface area contributed by atoms with Crippen LogP contribution in [0.25, 0.3) is 0 Å². The van der Waals surface area contributed by atoms with Crippen molar-refractivity contribution in [2.45, 2.75) is 25.7 Å². The van der Waals surface area contributed by atoms with Gasteiger partial charge in [0.05, 0.1) is 17.8 Å². The summed E-state index contributed by atoms with van der Waals surface area (Å²) in [4.78, 5) is 28.6. The van der Waals surface area contributed by atoms with Crippen LogP contribution in [0.4, 0.5) is 0 Å². The summed E-state index contributed by atoms with van der Waals surface area (Å²) < 4.78 is 5.08. The van der Waals surface area contributed by atoms with E-state index in [1.165, 1.54) is 0 Å². The average molecular weight is 314 g/mol. The molecule has 0 N–H and O–H groups in total. The van der Waals surface area contributed by atoms with Gasteiger partial charge in [0.1, 0.15) is 0 Å². The maximum Gasteiger partial charge on any atom is 0.232 e. The standard InChI is InChI=1S/C15H26N2O3S/c1-20-11-10-17-9-6-15(14(17)19)4-3-7-16(8-5-15)13(18)12-21-2/h3-12H2,1-2H3/t15-/m1/s1. The van der Waals surface area contributed by atoms with Gasteiger partial charge in [0.25, 0.3) is 0 Å². The van der Waals surface area contributed by atoms with Gasteiger partial charge >= 0.3 is 0 Å². The molecule has 2 heterocycles. The van der Waals surface area contributed by atoms with Gasteiger partial charge in [-0.1, -0.05) is 0 Å². The predicted octanol–water partition coefficient (Wildman–Crippen LogP) is 1.23. The normalized spacial score (nSPS) is 26.5. The molecule has 0 radical (unpaired) electrons. The molecule has 0 unspecified atom stereocenters. The van der Waals surface area contributed by atoms with Crippen LogP contribution in [0.2, 0.25) is 0 Å². The predicted molar refractivity (Wildman–Crippen MR) is 84.3 cm³/mol. The third-order valence-corrected chi connectivity index (χ3v) is 5.27. The molecule has 2 saturated heterocycles. The van der Waals surface area contributed by atoms with Gasteiger partial charge in [-0.2, -0.15) is 11.8 Å². The van der Waals surface area contributed by atoms with Crippen molar-refractivity contribution in [3.8, 4) is 0 Å². The van der Waals surface area contributed by atoms with Gasteiger partial charge in [0.15, 0.2) is 0 Å². The van der Waals surface area contributed by atoms with E-state index in [2.05, 4.69) is 0 Å². The van der Waals surface area contributed by atoms with Crippen LogP contribution >= 0.6 is 11.8 Å². The average Bonchev–Trinajstić information content (AvgIpc) is 2.66. The Morgan fingerprint density at radius 2 is 2.05 bits per heavy atom. The molecule has 2 rings (SSSR count). The van der Waals surface area contributed by atoms with Gasteiger partial charge < -0.3 is 14.5 Å². The largest absolute Gasteiger partial charge is 0.383 e. The molecular weight excluding hydrogens is 288 g/mol. The van der Waals surface area contributed by atoms with E-state index < -0.39 is 0 Å². The second kappa shape index (κ2) is 7.49. The molecule has 2 fully saturated rings. The van der Waals surface area contributed by atoms with Crippen molar-refractivity contribution in [1.29, 1.82) is 0 Å². The van der Waals surface area contributed by atoms with Crippen LogP contribution in [0.1, 0.15) is 25.7 Å². The van der Waals surface area contributed by atoms with Gasteiger partial charge in [-0.05, 0) is 31.9 Å². The van der Waals surface area contributed by atoms with E-state index in [1.54, 1.807) is 18.9 Å². The molecular formula is C15H26N2O3S. The van der Waals surface area contributed by atoms with Gasteiger partial charge in [0.2, 0.25) is 11.8 Å². The first-order chi connectivity index (χ1) is 10.1. The molecule has 5 nitrogen and oxygen atoms in total. The van der Waals surface area contributed by atoms with Crippen molar-refractivity contribution in [2.24, 2.45) is 5.41 Å². The van der Waals surface area contributed by atoms with Gasteiger partial charge in [0, 0.05) is 33.3 Å². The van der Waals surface area contributed by atoms with Crippen molar-refractivity contribution in [1.82, 2.24) is 9.80 Å². The molecule has 0 bridgehead atoms. The van der Waals surface area contributed by atoms with Crippen molar-refractivity contribution in [3.63, 3.8) is 0 Å². The Bertz CT molecular complexity index is 391. The molecule has 120 valence electrons. The number of ether oxygens (including phenoxy) is 1. The van der Waals surface area contributed by atoms with E-state index in [0.29, 0.717) is 18.9 Å². The van der Waals surface area contributed by atoms with Crippen LogP contribution in [0, 0.1) is 5.41 Å².